The second-order valence-electron chi connectivity index (χ2n) is 4.21. The number of hydrogen-bond acceptors (Lipinski definition) is 3. The third kappa shape index (κ3) is 4.72. The number of hydrogen-bond donors (Lipinski definition) is 1. The molecule has 0 saturated heterocycles. The second-order valence-corrected chi connectivity index (χ2v) is 4.21. The van der Waals surface area contributed by atoms with Crippen LogP contribution in [0.2, 0.25) is 0 Å². The summed E-state index contributed by atoms with van der Waals surface area (Å²) < 4.78 is 4.95. The zero-order valence-electron chi connectivity index (χ0n) is 10.8. The molecule has 0 radical (unpaired) electrons. The van der Waals surface area contributed by atoms with Crippen molar-refractivity contribution in [1.29, 1.82) is 0 Å². The highest BCUT2D eigenvalue weighted by molar-refractivity contribution is 5.78. The smallest absolute Gasteiger partial charge is 0.335 e. The standard InChI is InChI=1S/C15H20O3/c1-3-4-10-18-15(17)14(16)11-12(2)13-8-6-5-7-9-13/h5-9,14,16H,2-4,10-11H2,1H3/t14-/m0/s1. The topological polar surface area (TPSA) is 46.5 Å². The van der Waals surface area contributed by atoms with Crippen LogP contribution in [0.1, 0.15) is 31.7 Å². The van der Waals surface area contributed by atoms with E-state index in [1.807, 2.05) is 37.3 Å². The van der Waals surface area contributed by atoms with Gasteiger partial charge in [0, 0.05) is 6.42 Å². The number of aliphatic hydroxyl groups is 1. The quantitative estimate of drug-likeness (QED) is 0.596. The first-order valence-corrected chi connectivity index (χ1v) is 6.23. The molecule has 0 aliphatic rings. The van der Waals surface area contributed by atoms with E-state index in [2.05, 4.69) is 6.58 Å². The van der Waals surface area contributed by atoms with Gasteiger partial charge in [-0.3, -0.25) is 0 Å². The molecule has 0 fully saturated rings. The van der Waals surface area contributed by atoms with E-state index in [9.17, 15) is 9.90 Å². The lowest BCUT2D eigenvalue weighted by atomic mass is 10.0. The van der Waals surface area contributed by atoms with Crippen molar-refractivity contribution in [3.63, 3.8) is 0 Å². The first-order chi connectivity index (χ1) is 8.65. The summed E-state index contributed by atoms with van der Waals surface area (Å²) in [5, 5.41) is 9.71. The van der Waals surface area contributed by atoms with Gasteiger partial charge in [0.2, 0.25) is 0 Å². The first-order valence-electron chi connectivity index (χ1n) is 6.23. The highest BCUT2D eigenvalue weighted by atomic mass is 16.5. The summed E-state index contributed by atoms with van der Waals surface area (Å²) >= 11 is 0. The van der Waals surface area contributed by atoms with Crippen molar-refractivity contribution in [1.82, 2.24) is 0 Å². The molecular weight excluding hydrogens is 228 g/mol. The lowest BCUT2D eigenvalue weighted by Gasteiger charge is -2.12. The Morgan fingerprint density at radius 2 is 2.06 bits per heavy atom. The Morgan fingerprint density at radius 1 is 1.39 bits per heavy atom. The molecule has 1 rings (SSSR count). The lowest BCUT2D eigenvalue weighted by molar-refractivity contribution is -0.153. The monoisotopic (exact) mass is 248 g/mol. The van der Waals surface area contributed by atoms with Crippen LogP contribution in [-0.2, 0) is 9.53 Å². The lowest BCUT2D eigenvalue weighted by Crippen LogP contribution is -2.23. The van der Waals surface area contributed by atoms with Gasteiger partial charge in [-0.15, -0.1) is 0 Å². The van der Waals surface area contributed by atoms with Crippen molar-refractivity contribution in [3.8, 4) is 0 Å². The number of benzene rings is 1. The molecule has 0 bridgehead atoms. The van der Waals surface area contributed by atoms with Crippen LogP contribution in [0.15, 0.2) is 36.9 Å². The van der Waals surface area contributed by atoms with Crippen molar-refractivity contribution in [2.24, 2.45) is 0 Å². The van der Waals surface area contributed by atoms with Crippen LogP contribution in [0, 0.1) is 0 Å². The molecule has 3 heteroatoms. The second kappa shape index (κ2) is 7.67. The molecule has 0 aromatic heterocycles. The Hall–Kier alpha value is -1.61. The van der Waals surface area contributed by atoms with E-state index in [-0.39, 0.29) is 6.42 Å². The highest BCUT2D eigenvalue weighted by Gasteiger charge is 2.17. The van der Waals surface area contributed by atoms with Gasteiger partial charge in [-0.2, -0.15) is 0 Å². The van der Waals surface area contributed by atoms with Crippen LogP contribution in [0.25, 0.3) is 5.57 Å². The molecule has 3 nitrogen and oxygen atoms in total. The van der Waals surface area contributed by atoms with Crippen molar-refractivity contribution in [2.75, 3.05) is 6.61 Å². The minimum atomic E-state index is -1.13. The van der Waals surface area contributed by atoms with Gasteiger partial charge in [0.05, 0.1) is 6.61 Å². The normalized spacial score (nSPS) is 11.9. The van der Waals surface area contributed by atoms with E-state index in [0.29, 0.717) is 6.61 Å². The van der Waals surface area contributed by atoms with Gasteiger partial charge in [0.1, 0.15) is 0 Å². The van der Waals surface area contributed by atoms with E-state index in [1.165, 1.54) is 0 Å². The predicted molar refractivity (Wildman–Crippen MR) is 72.0 cm³/mol. The van der Waals surface area contributed by atoms with E-state index < -0.39 is 12.1 Å². The summed E-state index contributed by atoms with van der Waals surface area (Å²) in [5.41, 5.74) is 1.66. The van der Waals surface area contributed by atoms with Crippen molar-refractivity contribution in [2.45, 2.75) is 32.3 Å². The average molecular weight is 248 g/mol. The van der Waals surface area contributed by atoms with Crippen molar-refractivity contribution < 1.29 is 14.6 Å². The molecule has 0 unspecified atom stereocenters. The minimum Gasteiger partial charge on any atom is -0.464 e. The van der Waals surface area contributed by atoms with Gasteiger partial charge in [0.25, 0.3) is 0 Å². The molecule has 0 spiro atoms. The Bertz CT molecular complexity index is 384. The van der Waals surface area contributed by atoms with Crippen molar-refractivity contribution in [3.05, 3.63) is 42.5 Å². The number of ether oxygens (including phenoxy) is 1. The number of carbonyl (C=O) groups is 1. The maximum absolute atomic E-state index is 11.5. The summed E-state index contributed by atoms with van der Waals surface area (Å²) in [5.74, 6) is -0.569. The van der Waals surface area contributed by atoms with Crippen LogP contribution in [-0.4, -0.2) is 23.8 Å². The Labute approximate surface area is 108 Å². The number of unbranched alkanes of at least 4 members (excludes halogenated alkanes) is 1. The molecular formula is C15H20O3. The fraction of sp³-hybridized carbons (Fsp3) is 0.400. The minimum absolute atomic E-state index is 0.203. The maximum atomic E-state index is 11.5. The number of esters is 1. The predicted octanol–water partition coefficient (Wildman–Crippen LogP) is 2.79. The van der Waals surface area contributed by atoms with Gasteiger partial charge in [-0.1, -0.05) is 50.3 Å². The van der Waals surface area contributed by atoms with Crippen LogP contribution in [0.4, 0.5) is 0 Å². The van der Waals surface area contributed by atoms with Crippen LogP contribution in [0.3, 0.4) is 0 Å². The van der Waals surface area contributed by atoms with E-state index >= 15 is 0 Å². The fourth-order valence-electron chi connectivity index (χ4n) is 1.52. The molecule has 98 valence electrons. The first kappa shape index (κ1) is 14.5. The number of carbonyl (C=O) groups excluding carboxylic acids is 1. The van der Waals surface area contributed by atoms with E-state index in [0.717, 1.165) is 24.0 Å². The highest BCUT2D eigenvalue weighted by Crippen LogP contribution is 2.17. The molecule has 1 N–H and O–H groups in total. The molecule has 0 saturated carbocycles. The van der Waals surface area contributed by atoms with Crippen LogP contribution >= 0.6 is 0 Å². The Morgan fingerprint density at radius 3 is 2.67 bits per heavy atom. The summed E-state index contributed by atoms with van der Waals surface area (Å²) in [6, 6.07) is 9.50. The summed E-state index contributed by atoms with van der Waals surface area (Å²) in [6.45, 7) is 6.26. The van der Waals surface area contributed by atoms with E-state index in [4.69, 9.17) is 4.74 Å². The summed E-state index contributed by atoms with van der Waals surface area (Å²) in [6.07, 6.45) is 0.849. The Balaban J connectivity index is 2.42. The third-order valence-corrected chi connectivity index (χ3v) is 2.64. The van der Waals surface area contributed by atoms with Crippen LogP contribution < -0.4 is 0 Å². The average Bonchev–Trinajstić information content (AvgIpc) is 2.39. The van der Waals surface area contributed by atoms with Gasteiger partial charge in [-0.05, 0) is 17.6 Å². The largest absolute Gasteiger partial charge is 0.464 e. The molecule has 0 heterocycles. The molecule has 1 atom stereocenters. The SMILES string of the molecule is C=C(C[C@H](O)C(=O)OCCCC)c1ccccc1. The summed E-state index contributed by atoms with van der Waals surface area (Å²) in [4.78, 5) is 11.5. The van der Waals surface area contributed by atoms with Gasteiger partial charge >= 0.3 is 5.97 Å². The Kier molecular flexibility index (Phi) is 6.15. The molecule has 1 aromatic rings. The number of rotatable bonds is 7. The third-order valence-electron chi connectivity index (χ3n) is 2.64. The molecule has 18 heavy (non-hydrogen) atoms. The molecule has 0 aliphatic heterocycles. The maximum Gasteiger partial charge on any atom is 0.335 e. The van der Waals surface area contributed by atoms with Crippen molar-refractivity contribution >= 4 is 11.5 Å². The van der Waals surface area contributed by atoms with Gasteiger partial charge < -0.3 is 9.84 Å². The summed E-state index contributed by atoms with van der Waals surface area (Å²) in [7, 11) is 0. The van der Waals surface area contributed by atoms with Crippen LogP contribution in [0.5, 0.6) is 0 Å². The zero-order valence-corrected chi connectivity index (χ0v) is 10.8. The molecule has 0 aliphatic carbocycles. The number of aliphatic hydroxyl groups excluding tert-OH is 1. The van der Waals surface area contributed by atoms with Gasteiger partial charge in [0.15, 0.2) is 6.10 Å². The molecule has 1 aromatic carbocycles. The fourth-order valence-corrected chi connectivity index (χ4v) is 1.52. The zero-order chi connectivity index (χ0) is 13.4. The van der Waals surface area contributed by atoms with Gasteiger partial charge in [-0.25, -0.2) is 4.79 Å². The molecule has 0 amide bonds. The van der Waals surface area contributed by atoms with E-state index in [1.54, 1.807) is 0 Å².